The van der Waals surface area contributed by atoms with Crippen LogP contribution >= 0.6 is 22.6 Å². The molecule has 0 aromatic carbocycles. The van der Waals surface area contributed by atoms with Crippen LogP contribution in [0.25, 0.3) is 11.0 Å². The van der Waals surface area contributed by atoms with Crippen molar-refractivity contribution < 1.29 is 19.0 Å². The first-order chi connectivity index (χ1) is 14.0. The topological polar surface area (TPSA) is 114 Å². The summed E-state index contributed by atoms with van der Waals surface area (Å²) >= 11 is 2.25. The van der Waals surface area contributed by atoms with Crippen LogP contribution in [0.1, 0.15) is 47.1 Å². The monoisotopic (exact) mass is 529 g/mol. The largest absolute Gasteiger partial charge is 0.444 e. The first-order valence-corrected chi connectivity index (χ1v) is 11.1. The van der Waals surface area contributed by atoms with Gasteiger partial charge in [0.25, 0.3) is 0 Å². The molecule has 9 nitrogen and oxygen atoms in total. The molecule has 2 aromatic rings. The fourth-order valence-electron chi connectivity index (χ4n) is 4.37. The van der Waals surface area contributed by atoms with Gasteiger partial charge in [0.05, 0.1) is 17.5 Å². The molecule has 3 N–H and O–H groups in total. The van der Waals surface area contributed by atoms with Crippen molar-refractivity contribution in [2.45, 2.75) is 70.7 Å². The van der Waals surface area contributed by atoms with Crippen molar-refractivity contribution in [2.24, 2.45) is 5.92 Å². The first-order valence-electron chi connectivity index (χ1n) is 10.0. The molecule has 4 rings (SSSR count). The number of carbonyl (C=O) groups excluding carboxylic acids is 1. The quantitative estimate of drug-likeness (QED) is 0.587. The molecule has 1 amide bonds. The second-order valence-corrected chi connectivity index (χ2v) is 10.5. The zero-order valence-electron chi connectivity index (χ0n) is 17.8. The average Bonchev–Trinajstić information content (AvgIpc) is 3.21. The summed E-state index contributed by atoms with van der Waals surface area (Å²) in [5.74, 6) is -0.157. The minimum absolute atomic E-state index is 0.00234. The van der Waals surface area contributed by atoms with E-state index in [1.807, 2.05) is 40.8 Å². The van der Waals surface area contributed by atoms with Crippen molar-refractivity contribution in [1.82, 2.24) is 19.9 Å². The van der Waals surface area contributed by atoms with E-state index in [0.717, 1.165) is 21.0 Å². The number of halogens is 1. The lowest BCUT2D eigenvalue weighted by atomic mass is 10.1. The fraction of sp³-hybridized carbons (Fsp3) is 0.650. The Balaban J connectivity index is 1.60. The van der Waals surface area contributed by atoms with Gasteiger partial charge in [0.1, 0.15) is 29.5 Å². The van der Waals surface area contributed by atoms with Gasteiger partial charge in [-0.25, -0.2) is 14.8 Å². The molecule has 2 aliphatic rings. The number of nitrogen functional groups attached to an aromatic ring is 1. The van der Waals surface area contributed by atoms with Crippen LogP contribution in [-0.4, -0.2) is 50.8 Å². The lowest BCUT2D eigenvalue weighted by molar-refractivity contribution is -0.160. The van der Waals surface area contributed by atoms with Gasteiger partial charge in [-0.1, -0.05) is 0 Å². The van der Waals surface area contributed by atoms with Gasteiger partial charge in [-0.3, -0.25) is 0 Å². The predicted molar refractivity (Wildman–Crippen MR) is 120 cm³/mol. The van der Waals surface area contributed by atoms with Crippen LogP contribution in [0.5, 0.6) is 0 Å². The standard InChI is InChI=1S/C20H28IN5O4/c1-19(2,3)30-18(27)23-7-10-6-12(15-14(10)28-20(4,5)29-15)26-8-11(21)13-16(22)24-9-25-17(13)26/h8-10,12,14-15H,6-7H2,1-5H3,(H,23,27)(H2,22,24,25)/t10-,12-,14-,15+/m1/s1. The third-order valence-corrected chi connectivity index (χ3v) is 6.23. The third kappa shape index (κ3) is 4.09. The number of carbonyl (C=O) groups is 1. The molecule has 10 heteroatoms. The van der Waals surface area contributed by atoms with E-state index in [1.165, 1.54) is 6.33 Å². The van der Waals surface area contributed by atoms with E-state index in [0.29, 0.717) is 12.4 Å². The van der Waals surface area contributed by atoms with Crippen LogP contribution in [0.2, 0.25) is 0 Å². The summed E-state index contributed by atoms with van der Waals surface area (Å²) in [5, 5.41) is 3.74. The molecule has 2 aromatic heterocycles. The molecule has 0 bridgehead atoms. The number of rotatable bonds is 3. The lowest BCUT2D eigenvalue weighted by Crippen LogP contribution is -2.38. The highest BCUT2D eigenvalue weighted by Gasteiger charge is 2.54. The number of amides is 1. The maximum absolute atomic E-state index is 12.2. The van der Waals surface area contributed by atoms with E-state index in [1.54, 1.807) is 0 Å². The highest BCUT2D eigenvalue weighted by atomic mass is 127. The van der Waals surface area contributed by atoms with Crippen molar-refractivity contribution >= 4 is 45.5 Å². The normalized spacial score (nSPS) is 27.9. The summed E-state index contributed by atoms with van der Waals surface area (Å²) in [6.45, 7) is 9.81. The minimum Gasteiger partial charge on any atom is -0.444 e. The predicted octanol–water partition coefficient (Wildman–Crippen LogP) is 3.22. The number of hydrogen-bond donors (Lipinski definition) is 2. The van der Waals surface area contributed by atoms with E-state index in [4.69, 9.17) is 19.9 Å². The summed E-state index contributed by atoms with van der Waals surface area (Å²) in [7, 11) is 0. The zero-order chi connectivity index (χ0) is 21.8. The van der Waals surface area contributed by atoms with Crippen molar-refractivity contribution in [3.63, 3.8) is 0 Å². The van der Waals surface area contributed by atoms with Gasteiger partial charge in [-0.2, -0.15) is 0 Å². The van der Waals surface area contributed by atoms with Gasteiger partial charge in [-0.05, 0) is 63.6 Å². The van der Waals surface area contributed by atoms with Gasteiger partial charge in [0, 0.05) is 22.2 Å². The first kappa shape index (κ1) is 21.6. The van der Waals surface area contributed by atoms with E-state index in [9.17, 15) is 4.79 Å². The van der Waals surface area contributed by atoms with Crippen LogP contribution in [-0.2, 0) is 14.2 Å². The van der Waals surface area contributed by atoms with E-state index in [-0.39, 0.29) is 24.2 Å². The van der Waals surface area contributed by atoms with E-state index in [2.05, 4.69) is 42.4 Å². The van der Waals surface area contributed by atoms with Crippen molar-refractivity contribution in [1.29, 1.82) is 0 Å². The van der Waals surface area contributed by atoms with Crippen molar-refractivity contribution in [3.8, 4) is 0 Å². The lowest BCUT2D eigenvalue weighted by Gasteiger charge is -2.25. The molecule has 1 saturated carbocycles. The average molecular weight is 529 g/mol. The number of ether oxygens (including phenoxy) is 3. The Morgan fingerprint density at radius 1 is 1.37 bits per heavy atom. The van der Waals surface area contributed by atoms with Crippen LogP contribution < -0.4 is 11.1 Å². The van der Waals surface area contributed by atoms with Crippen LogP contribution in [0.3, 0.4) is 0 Å². The minimum atomic E-state index is -0.692. The number of alkyl carbamates (subject to hydrolysis) is 1. The summed E-state index contributed by atoms with van der Waals surface area (Å²) in [5.41, 5.74) is 6.33. The second kappa shape index (κ2) is 7.49. The number of anilines is 1. The van der Waals surface area contributed by atoms with E-state index >= 15 is 0 Å². The molecule has 1 saturated heterocycles. The Morgan fingerprint density at radius 3 is 2.77 bits per heavy atom. The Hall–Kier alpha value is -1.66. The number of aromatic nitrogens is 3. The number of nitrogens with zero attached hydrogens (tertiary/aromatic N) is 3. The molecule has 164 valence electrons. The molecule has 4 atom stereocenters. The highest BCUT2D eigenvalue weighted by molar-refractivity contribution is 14.1. The molecule has 30 heavy (non-hydrogen) atoms. The Kier molecular flexibility index (Phi) is 5.38. The fourth-order valence-corrected chi connectivity index (χ4v) is 5.19. The van der Waals surface area contributed by atoms with Crippen LogP contribution in [0.4, 0.5) is 10.6 Å². The molecule has 1 aliphatic carbocycles. The summed E-state index contributed by atoms with van der Waals surface area (Å²) < 4.78 is 21.0. The van der Waals surface area contributed by atoms with Crippen LogP contribution in [0.15, 0.2) is 12.5 Å². The summed E-state index contributed by atoms with van der Waals surface area (Å²) in [6, 6.07) is 0.00234. The third-order valence-electron chi connectivity index (χ3n) is 5.41. The van der Waals surface area contributed by atoms with Crippen molar-refractivity contribution in [2.75, 3.05) is 12.3 Å². The number of nitrogens with one attached hydrogen (secondary N) is 1. The molecule has 3 heterocycles. The van der Waals surface area contributed by atoms with Gasteiger partial charge < -0.3 is 29.8 Å². The maximum Gasteiger partial charge on any atom is 0.407 e. The Labute approximate surface area is 189 Å². The Bertz CT molecular complexity index is 970. The van der Waals surface area contributed by atoms with Gasteiger partial charge >= 0.3 is 6.09 Å². The Morgan fingerprint density at radius 2 is 2.07 bits per heavy atom. The highest BCUT2D eigenvalue weighted by Crippen LogP contribution is 2.48. The molecule has 0 spiro atoms. The van der Waals surface area contributed by atoms with Crippen LogP contribution in [0, 0.1) is 9.49 Å². The molecular formula is C20H28IN5O4. The van der Waals surface area contributed by atoms with Gasteiger partial charge in [0.15, 0.2) is 5.79 Å². The van der Waals surface area contributed by atoms with Gasteiger partial charge in [-0.15, -0.1) is 0 Å². The number of nitrogens with two attached hydrogens (primary N) is 1. The van der Waals surface area contributed by atoms with E-state index < -0.39 is 17.5 Å². The smallest absolute Gasteiger partial charge is 0.407 e. The molecule has 2 fully saturated rings. The number of fused-ring (bicyclic) bond motifs is 2. The molecule has 1 aliphatic heterocycles. The molecule has 0 unspecified atom stereocenters. The zero-order valence-corrected chi connectivity index (χ0v) is 20.0. The summed E-state index contributed by atoms with van der Waals surface area (Å²) in [4.78, 5) is 20.8. The summed E-state index contributed by atoms with van der Waals surface area (Å²) in [6.07, 6.45) is 3.56. The number of hydrogen-bond acceptors (Lipinski definition) is 7. The SMILES string of the molecule is CC(C)(C)OC(=O)NC[C@H]1C[C@@H](n2cc(I)c3c(N)ncnc32)[C@@H]2OC(C)(C)O[C@H]12. The second-order valence-electron chi connectivity index (χ2n) is 9.35. The molecular weight excluding hydrogens is 501 g/mol. The maximum atomic E-state index is 12.2. The molecule has 0 radical (unpaired) electrons. The van der Waals surface area contributed by atoms with Gasteiger partial charge in [0.2, 0.25) is 0 Å². The van der Waals surface area contributed by atoms with Crippen molar-refractivity contribution in [3.05, 3.63) is 16.1 Å².